The van der Waals surface area contributed by atoms with Crippen LogP contribution in [0.3, 0.4) is 0 Å². The molecule has 3 nitrogen and oxygen atoms in total. The van der Waals surface area contributed by atoms with E-state index in [1.165, 1.54) is 13.1 Å². The highest BCUT2D eigenvalue weighted by Crippen LogP contribution is 2.33. The van der Waals surface area contributed by atoms with E-state index in [4.69, 9.17) is 0 Å². The SMILES string of the molecule is CC(C)(C)C[Si](C)(C)OS(=O)(=O)C(F)(F)F. The lowest BCUT2D eigenvalue weighted by Gasteiger charge is -2.29. The molecule has 0 spiro atoms. The summed E-state index contributed by atoms with van der Waals surface area (Å²) in [7, 11) is -8.36. The summed E-state index contributed by atoms with van der Waals surface area (Å²) >= 11 is 0. The Hall–Kier alpha value is -0.0831. The highest BCUT2D eigenvalue weighted by atomic mass is 32.2. The average Bonchev–Trinajstić information content (AvgIpc) is 1.72. The first kappa shape index (κ1) is 15.9. The van der Waals surface area contributed by atoms with Crippen molar-refractivity contribution in [3.8, 4) is 0 Å². The highest BCUT2D eigenvalue weighted by molar-refractivity contribution is 7.88. The zero-order valence-corrected chi connectivity index (χ0v) is 11.8. The fourth-order valence-corrected chi connectivity index (χ4v) is 7.19. The number of rotatable bonds is 3. The summed E-state index contributed by atoms with van der Waals surface area (Å²) in [4.78, 5) is 0. The van der Waals surface area contributed by atoms with Crippen molar-refractivity contribution < 1.29 is 25.5 Å². The van der Waals surface area contributed by atoms with Crippen LogP contribution in [0.5, 0.6) is 0 Å². The van der Waals surface area contributed by atoms with Gasteiger partial charge in [-0.15, -0.1) is 0 Å². The molecule has 0 aromatic heterocycles. The first-order valence-corrected chi connectivity index (χ1v) is 9.21. The molecule has 0 fully saturated rings. The summed E-state index contributed by atoms with van der Waals surface area (Å²) in [6.07, 6.45) is 0. The van der Waals surface area contributed by atoms with E-state index in [9.17, 15) is 21.6 Å². The molecule has 0 aromatic carbocycles. The maximum absolute atomic E-state index is 12.1. The summed E-state index contributed by atoms with van der Waals surface area (Å²) in [5.41, 5.74) is -5.61. The van der Waals surface area contributed by atoms with Gasteiger partial charge >= 0.3 is 15.6 Å². The molecule has 0 radical (unpaired) electrons. The summed E-state index contributed by atoms with van der Waals surface area (Å²) in [5.74, 6) is 0. The number of alkyl halides is 3. The predicted octanol–water partition coefficient (Wildman–Crippen LogP) is 3.10. The molecule has 0 atom stereocenters. The van der Waals surface area contributed by atoms with Gasteiger partial charge in [0.2, 0.25) is 8.32 Å². The first-order valence-electron chi connectivity index (χ1n) is 4.68. The van der Waals surface area contributed by atoms with Crippen LogP contribution in [-0.2, 0) is 14.0 Å². The van der Waals surface area contributed by atoms with E-state index >= 15 is 0 Å². The van der Waals surface area contributed by atoms with Gasteiger partial charge in [0.15, 0.2) is 0 Å². The molecule has 98 valence electrons. The Balaban J connectivity index is 4.87. The number of halogens is 3. The van der Waals surface area contributed by atoms with E-state index in [1.807, 2.05) is 20.8 Å². The highest BCUT2D eigenvalue weighted by Gasteiger charge is 2.50. The zero-order chi connectivity index (χ0) is 13.4. The lowest BCUT2D eigenvalue weighted by atomic mass is 10.0. The second-order valence-electron chi connectivity index (χ2n) is 5.48. The van der Waals surface area contributed by atoms with Gasteiger partial charge < -0.3 is 3.87 Å². The number of hydrogen-bond acceptors (Lipinski definition) is 3. The molecular weight excluding hydrogens is 261 g/mol. The lowest BCUT2D eigenvalue weighted by molar-refractivity contribution is -0.0504. The van der Waals surface area contributed by atoms with E-state index < -0.39 is 23.9 Å². The van der Waals surface area contributed by atoms with Crippen molar-refractivity contribution >= 4 is 18.4 Å². The molecule has 0 aromatic rings. The molecule has 16 heavy (non-hydrogen) atoms. The maximum atomic E-state index is 12.1. The molecule has 0 saturated heterocycles. The second kappa shape index (κ2) is 4.30. The van der Waals surface area contributed by atoms with E-state index in [0.717, 1.165) is 0 Å². The van der Waals surface area contributed by atoms with Crippen molar-refractivity contribution in [1.82, 2.24) is 0 Å². The van der Waals surface area contributed by atoms with Crippen LogP contribution in [0.1, 0.15) is 20.8 Å². The average molecular weight is 278 g/mol. The Labute approximate surface area is 95.2 Å². The fourth-order valence-electron chi connectivity index (χ4n) is 1.65. The van der Waals surface area contributed by atoms with Gasteiger partial charge in [-0.25, -0.2) is 0 Å². The molecule has 0 heterocycles. The van der Waals surface area contributed by atoms with E-state index in [0.29, 0.717) is 6.04 Å². The van der Waals surface area contributed by atoms with Gasteiger partial charge in [-0.2, -0.15) is 21.6 Å². The zero-order valence-electron chi connectivity index (χ0n) is 9.97. The van der Waals surface area contributed by atoms with Crippen molar-refractivity contribution in [1.29, 1.82) is 0 Å². The Bertz CT molecular complexity index is 341. The Morgan fingerprint density at radius 1 is 1.12 bits per heavy atom. The van der Waals surface area contributed by atoms with Crippen LogP contribution in [-0.4, -0.2) is 22.2 Å². The Morgan fingerprint density at radius 2 is 1.50 bits per heavy atom. The van der Waals surface area contributed by atoms with Crippen LogP contribution in [0.2, 0.25) is 19.1 Å². The van der Waals surface area contributed by atoms with Crippen LogP contribution in [0, 0.1) is 5.41 Å². The molecule has 0 unspecified atom stereocenters. The van der Waals surface area contributed by atoms with Crippen molar-refractivity contribution in [2.75, 3.05) is 0 Å². The molecule has 0 bridgehead atoms. The summed E-state index contributed by atoms with van der Waals surface area (Å²) in [6.45, 7) is 8.39. The summed E-state index contributed by atoms with van der Waals surface area (Å²) in [5, 5.41) is 0. The Kier molecular flexibility index (Phi) is 4.28. The topological polar surface area (TPSA) is 43.4 Å². The van der Waals surface area contributed by atoms with Gasteiger partial charge in [-0.1, -0.05) is 20.8 Å². The van der Waals surface area contributed by atoms with Crippen LogP contribution in [0.25, 0.3) is 0 Å². The minimum absolute atomic E-state index is 0.267. The van der Waals surface area contributed by atoms with Crippen molar-refractivity contribution in [3.05, 3.63) is 0 Å². The summed E-state index contributed by atoms with van der Waals surface area (Å²) in [6, 6.07) is 0.329. The third-order valence-electron chi connectivity index (χ3n) is 1.57. The minimum Gasteiger partial charge on any atom is -0.308 e. The quantitative estimate of drug-likeness (QED) is 0.588. The third-order valence-corrected chi connectivity index (χ3v) is 6.74. The maximum Gasteiger partial charge on any atom is 0.522 e. The van der Waals surface area contributed by atoms with Gasteiger partial charge in [-0.3, -0.25) is 0 Å². The van der Waals surface area contributed by atoms with E-state index in [1.54, 1.807) is 0 Å². The van der Waals surface area contributed by atoms with Crippen LogP contribution in [0.4, 0.5) is 13.2 Å². The second-order valence-corrected chi connectivity index (χ2v) is 11.4. The molecule has 0 aliphatic carbocycles. The molecule has 0 aliphatic heterocycles. The molecule has 0 N–H and O–H groups in total. The number of hydrogen-bond donors (Lipinski definition) is 0. The van der Waals surface area contributed by atoms with Crippen molar-refractivity contribution in [2.45, 2.75) is 45.4 Å². The molecule has 0 aliphatic rings. The first-order chi connectivity index (χ1) is 6.66. The molecule has 0 amide bonds. The van der Waals surface area contributed by atoms with E-state index in [2.05, 4.69) is 3.87 Å². The van der Waals surface area contributed by atoms with Gasteiger partial charge in [0.05, 0.1) is 0 Å². The molecule has 8 heteroatoms. The normalized spacial score (nSPS) is 15.2. The van der Waals surface area contributed by atoms with Gasteiger partial charge in [0.1, 0.15) is 0 Å². The largest absolute Gasteiger partial charge is 0.522 e. The van der Waals surface area contributed by atoms with Gasteiger partial charge in [0, 0.05) is 0 Å². The molecule has 0 rings (SSSR count). The molecular formula is C8H17F3O3SSi. The predicted molar refractivity (Wildman–Crippen MR) is 57.8 cm³/mol. The smallest absolute Gasteiger partial charge is 0.308 e. The van der Waals surface area contributed by atoms with Gasteiger partial charge in [0.25, 0.3) is 0 Å². The lowest BCUT2D eigenvalue weighted by Crippen LogP contribution is -2.41. The standard InChI is InChI=1S/C8H17F3O3SSi/c1-7(2,3)6-16(4,5)14-15(12,13)8(9,10)11/h6H2,1-5H3. The summed E-state index contributed by atoms with van der Waals surface area (Å²) < 4.78 is 62.4. The fraction of sp³-hybridized carbons (Fsp3) is 1.00. The van der Waals surface area contributed by atoms with Crippen LogP contribution >= 0.6 is 0 Å². The Morgan fingerprint density at radius 3 is 1.75 bits per heavy atom. The van der Waals surface area contributed by atoms with E-state index in [-0.39, 0.29) is 5.41 Å². The van der Waals surface area contributed by atoms with Crippen molar-refractivity contribution in [3.63, 3.8) is 0 Å². The molecule has 0 saturated carbocycles. The van der Waals surface area contributed by atoms with Crippen molar-refractivity contribution in [2.24, 2.45) is 5.41 Å². The third kappa shape index (κ3) is 5.31. The van der Waals surface area contributed by atoms with Crippen LogP contribution in [0.15, 0.2) is 0 Å². The monoisotopic (exact) mass is 278 g/mol. The van der Waals surface area contributed by atoms with Crippen LogP contribution < -0.4 is 0 Å². The minimum atomic E-state index is -5.47. The van der Waals surface area contributed by atoms with Gasteiger partial charge in [-0.05, 0) is 24.6 Å².